The first-order valence-corrected chi connectivity index (χ1v) is 4.57. The Bertz CT molecular complexity index is 186. The molecule has 0 unspecified atom stereocenters. The molecule has 0 radical (unpaired) electrons. The lowest BCUT2D eigenvalue weighted by molar-refractivity contribution is 0.0408. The molecule has 2 saturated heterocycles. The average molecular weight is 186 g/mol. The van der Waals surface area contributed by atoms with Crippen molar-refractivity contribution in [2.24, 2.45) is 0 Å². The summed E-state index contributed by atoms with van der Waals surface area (Å²) in [6.45, 7) is 4.54. The maximum atomic E-state index is 11.7. The normalized spacial score (nSPS) is 23.7. The molecule has 2 fully saturated rings. The molecular weight excluding hydrogens is 172 g/mol. The lowest BCUT2D eigenvalue weighted by Gasteiger charge is -2.30. The van der Waals surface area contributed by atoms with E-state index in [1.807, 2.05) is 4.90 Å². The zero-order valence-corrected chi connectivity index (χ0v) is 7.57. The Labute approximate surface area is 77.2 Å². The van der Waals surface area contributed by atoms with Gasteiger partial charge in [0.2, 0.25) is 0 Å². The van der Waals surface area contributed by atoms with Crippen LogP contribution in [-0.4, -0.2) is 62.0 Å². The largest absolute Gasteiger partial charge is 0.378 e. The van der Waals surface area contributed by atoms with E-state index in [1.165, 1.54) is 0 Å². The summed E-state index contributed by atoms with van der Waals surface area (Å²) in [5.41, 5.74) is 0. The number of hydrogen-bond acceptors (Lipinski definition) is 3. The van der Waals surface area contributed by atoms with Crippen molar-refractivity contribution in [2.75, 3.05) is 46.2 Å². The van der Waals surface area contributed by atoms with Crippen LogP contribution in [-0.2, 0) is 9.47 Å². The fourth-order valence-electron chi connectivity index (χ4n) is 1.52. The van der Waals surface area contributed by atoms with Crippen molar-refractivity contribution in [1.29, 1.82) is 0 Å². The fourth-order valence-corrected chi connectivity index (χ4v) is 1.52. The fraction of sp³-hybridized carbons (Fsp3) is 0.875. The van der Waals surface area contributed by atoms with Gasteiger partial charge in [-0.3, -0.25) is 4.90 Å². The van der Waals surface area contributed by atoms with Crippen molar-refractivity contribution in [3.63, 3.8) is 0 Å². The van der Waals surface area contributed by atoms with Crippen molar-refractivity contribution in [3.05, 3.63) is 0 Å². The summed E-state index contributed by atoms with van der Waals surface area (Å²) < 4.78 is 10.3. The lowest BCUT2D eigenvalue weighted by atomic mass is 10.4. The Balaban J connectivity index is 1.87. The van der Waals surface area contributed by atoms with Gasteiger partial charge in [-0.05, 0) is 0 Å². The van der Waals surface area contributed by atoms with E-state index in [9.17, 15) is 4.79 Å². The molecule has 0 aromatic rings. The predicted molar refractivity (Wildman–Crippen MR) is 45.3 cm³/mol. The quantitative estimate of drug-likeness (QED) is 0.523. The van der Waals surface area contributed by atoms with Gasteiger partial charge in [-0.25, -0.2) is 4.79 Å². The Kier molecular flexibility index (Phi) is 2.65. The van der Waals surface area contributed by atoms with Crippen LogP contribution in [0.25, 0.3) is 0 Å². The highest BCUT2D eigenvalue weighted by molar-refractivity contribution is 5.74. The van der Waals surface area contributed by atoms with E-state index in [0.717, 1.165) is 6.54 Å². The molecule has 0 spiro atoms. The molecule has 0 aromatic heterocycles. The van der Waals surface area contributed by atoms with E-state index in [0.29, 0.717) is 39.6 Å². The third-order valence-corrected chi connectivity index (χ3v) is 2.30. The van der Waals surface area contributed by atoms with E-state index in [4.69, 9.17) is 9.47 Å². The lowest BCUT2D eigenvalue weighted by Crippen LogP contribution is -2.47. The van der Waals surface area contributed by atoms with Gasteiger partial charge in [0.1, 0.15) is 6.73 Å². The Morgan fingerprint density at radius 1 is 0.923 bits per heavy atom. The first-order valence-electron chi connectivity index (χ1n) is 4.57. The van der Waals surface area contributed by atoms with E-state index in [2.05, 4.69) is 0 Å². The number of morpholine rings is 1. The highest BCUT2D eigenvalue weighted by atomic mass is 16.5. The van der Waals surface area contributed by atoms with Crippen molar-refractivity contribution in [2.45, 2.75) is 0 Å². The van der Waals surface area contributed by atoms with Gasteiger partial charge in [-0.2, -0.15) is 0 Å². The van der Waals surface area contributed by atoms with E-state index in [1.54, 1.807) is 4.90 Å². The summed E-state index contributed by atoms with van der Waals surface area (Å²) in [7, 11) is 0. The molecule has 2 heterocycles. The highest BCUT2D eigenvalue weighted by Crippen LogP contribution is 2.06. The molecule has 0 aliphatic carbocycles. The molecule has 0 aromatic carbocycles. The van der Waals surface area contributed by atoms with Crippen LogP contribution in [0, 0.1) is 0 Å². The van der Waals surface area contributed by atoms with Crippen LogP contribution in [0.2, 0.25) is 0 Å². The Morgan fingerprint density at radius 2 is 1.54 bits per heavy atom. The van der Waals surface area contributed by atoms with Crippen LogP contribution in [0.15, 0.2) is 0 Å². The van der Waals surface area contributed by atoms with Crippen molar-refractivity contribution in [1.82, 2.24) is 9.80 Å². The zero-order valence-electron chi connectivity index (χ0n) is 7.57. The van der Waals surface area contributed by atoms with Crippen LogP contribution in [0.3, 0.4) is 0 Å². The number of urea groups is 1. The van der Waals surface area contributed by atoms with Gasteiger partial charge in [-0.1, -0.05) is 0 Å². The summed E-state index contributed by atoms with van der Waals surface area (Å²) in [4.78, 5) is 15.3. The smallest absolute Gasteiger partial charge is 0.322 e. The molecule has 2 amide bonds. The van der Waals surface area contributed by atoms with E-state index >= 15 is 0 Å². The highest BCUT2D eigenvalue weighted by Gasteiger charge is 2.25. The van der Waals surface area contributed by atoms with E-state index < -0.39 is 0 Å². The maximum Gasteiger partial charge on any atom is 0.322 e. The molecule has 2 aliphatic rings. The summed E-state index contributed by atoms with van der Waals surface area (Å²) in [6, 6.07) is 0.0841. The van der Waals surface area contributed by atoms with Gasteiger partial charge >= 0.3 is 6.03 Å². The molecule has 2 rings (SSSR count). The minimum atomic E-state index is 0.0841. The predicted octanol–water partition coefficient (Wildman–Crippen LogP) is -0.272. The van der Waals surface area contributed by atoms with Crippen LogP contribution in [0.5, 0.6) is 0 Å². The Hall–Kier alpha value is -0.810. The monoisotopic (exact) mass is 186 g/mol. The van der Waals surface area contributed by atoms with Crippen molar-refractivity contribution < 1.29 is 14.3 Å². The molecule has 74 valence electrons. The van der Waals surface area contributed by atoms with Gasteiger partial charge in [0.15, 0.2) is 0 Å². The molecule has 2 aliphatic heterocycles. The first kappa shape index (κ1) is 8.77. The standard InChI is InChI=1S/C8H14N2O3/c11-8(10-3-6-13-7-10)9-1-4-12-5-2-9/h1-7H2. The topological polar surface area (TPSA) is 42.0 Å². The molecule has 0 N–H and O–H groups in total. The number of carbonyl (C=O) groups excluding carboxylic acids is 1. The number of amides is 2. The number of hydrogen-bond donors (Lipinski definition) is 0. The van der Waals surface area contributed by atoms with Gasteiger partial charge < -0.3 is 14.4 Å². The van der Waals surface area contributed by atoms with Crippen LogP contribution >= 0.6 is 0 Å². The van der Waals surface area contributed by atoms with Gasteiger partial charge in [0.25, 0.3) is 0 Å². The minimum Gasteiger partial charge on any atom is -0.378 e. The molecule has 5 heteroatoms. The van der Waals surface area contributed by atoms with Crippen molar-refractivity contribution in [3.8, 4) is 0 Å². The Morgan fingerprint density at radius 3 is 2.15 bits per heavy atom. The molecule has 0 atom stereocenters. The van der Waals surface area contributed by atoms with Crippen molar-refractivity contribution >= 4 is 6.03 Å². The molecular formula is C8H14N2O3. The number of rotatable bonds is 0. The maximum absolute atomic E-state index is 11.7. The second-order valence-electron chi connectivity index (χ2n) is 3.18. The van der Waals surface area contributed by atoms with Gasteiger partial charge in [-0.15, -0.1) is 0 Å². The summed E-state index contributed by atoms with van der Waals surface area (Å²) >= 11 is 0. The second kappa shape index (κ2) is 3.93. The molecule has 5 nitrogen and oxygen atoms in total. The zero-order chi connectivity index (χ0) is 9.10. The third kappa shape index (κ3) is 1.92. The molecule has 13 heavy (non-hydrogen) atoms. The number of carbonyl (C=O) groups is 1. The first-order chi connectivity index (χ1) is 6.38. The third-order valence-electron chi connectivity index (χ3n) is 2.30. The summed E-state index contributed by atoms with van der Waals surface area (Å²) in [5.74, 6) is 0. The summed E-state index contributed by atoms with van der Waals surface area (Å²) in [5, 5.41) is 0. The molecule has 0 saturated carbocycles. The average Bonchev–Trinajstić information content (AvgIpc) is 2.71. The van der Waals surface area contributed by atoms with Gasteiger partial charge in [0, 0.05) is 19.6 Å². The summed E-state index contributed by atoms with van der Waals surface area (Å²) in [6.07, 6.45) is 0. The SMILES string of the molecule is O=C(N1CCOCC1)N1CCOC1. The second-order valence-corrected chi connectivity index (χ2v) is 3.18. The molecule has 0 bridgehead atoms. The number of ether oxygens (including phenoxy) is 2. The van der Waals surface area contributed by atoms with E-state index in [-0.39, 0.29) is 6.03 Å². The van der Waals surface area contributed by atoms with Gasteiger partial charge in [0.05, 0.1) is 19.8 Å². The number of nitrogens with zero attached hydrogens (tertiary/aromatic N) is 2. The van der Waals surface area contributed by atoms with Crippen LogP contribution < -0.4 is 0 Å². The minimum absolute atomic E-state index is 0.0841. The van der Waals surface area contributed by atoms with Crippen LogP contribution in [0.4, 0.5) is 4.79 Å². The van der Waals surface area contributed by atoms with Crippen LogP contribution in [0.1, 0.15) is 0 Å².